The molecule has 1 saturated carbocycles. The van der Waals surface area contributed by atoms with Crippen LogP contribution in [0.3, 0.4) is 0 Å². The number of rotatable bonds is 7. The Hall–Kier alpha value is -5.37. The second-order valence-corrected chi connectivity index (χ2v) is 34.2. The summed E-state index contributed by atoms with van der Waals surface area (Å²) in [6, 6.07) is 5.97. The molecular weight excluding hydrogens is 957 g/mol. The maximum absolute atomic E-state index is 3.10. The molecule has 1 heterocycles. The van der Waals surface area contributed by atoms with Gasteiger partial charge in [-0.2, -0.15) is 0 Å². The molecule has 11 aromatic carbocycles. The smallest absolute Gasteiger partial charge is 0.0645 e. The molecule has 23 unspecified atom stereocenters. The van der Waals surface area contributed by atoms with Crippen molar-refractivity contribution in [3.05, 3.63) is 140 Å². The number of fused-ring (bicyclic) bond motifs is 1. The molecule has 11 aromatic rings. The van der Waals surface area contributed by atoms with Gasteiger partial charge in [-0.15, -0.1) is 11.8 Å². The molecule has 0 bridgehead atoms. The summed E-state index contributed by atoms with van der Waals surface area (Å²) in [6.45, 7) is 10.2. The highest BCUT2D eigenvalue weighted by Crippen LogP contribution is 3.01. The lowest BCUT2D eigenvalue weighted by atomic mass is 9.39. The number of unbranched alkanes of at least 4 members (excludes halogenated alkanes) is 1. The summed E-state index contributed by atoms with van der Waals surface area (Å²) in [5, 5.41) is 30.9. The zero-order chi connectivity index (χ0) is 47.6. The summed E-state index contributed by atoms with van der Waals surface area (Å²) >= 11 is 2.66. The van der Waals surface area contributed by atoms with Crippen LogP contribution >= 0.6 is 11.8 Å². The van der Waals surface area contributed by atoms with E-state index >= 15 is 0 Å². The number of thioether (sulfide) groups is 1. The van der Waals surface area contributed by atoms with Crippen LogP contribution in [-0.4, -0.2) is 0 Å². The van der Waals surface area contributed by atoms with Crippen molar-refractivity contribution in [1.29, 1.82) is 0 Å². The summed E-state index contributed by atoms with van der Waals surface area (Å²) in [7, 11) is 0. The van der Waals surface area contributed by atoms with Gasteiger partial charge in [0.2, 0.25) is 0 Å². The molecule has 360 valence electrons. The lowest BCUT2D eigenvalue weighted by molar-refractivity contribution is 0.0341. The van der Waals surface area contributed by atoms with Crippen molar-refractivity contribution in [3.63, 3.8) is 0 Å². The highest BCUT2D eigenvalue weighted by atomic mass is 32.2. The molecule has 0 amide bonds. The molecule has 23 aliphatic rings. The van der Waals surface area contributed by atoms with Crippen molar-refractivity contribution < 1.29 is 0 Å². The van der Waals surface area contributed by atoms with Gasteiger partial charge < -0.3 is 0 Å². The Balaban J connectivity index is 0.929. The first-order valence-corrected chi connectivity index (χ1v) is 33.5. The van der Waals surface area contributed by atoms with E-state index in [-0.39, 0.29) is 10.2 Å². The van der Waals surface area contributed by atoms with Gasteiger partial charge in [0, 0.05) is 10.3 Å². The fourth-order valence-corrected chi connectivity index (χ4v) is 36.1. The van der Waals surface area contributed by atoms with Crippen molar-refractivity contribution in [3.8, 4) is 11.1 Å². The van der Waals surface area contributed by atoms with Gasteiger partial charge in [-0.25, -0.2) is 0 Å². The summed E-state index contributed by atoms with van der Waals surface area (Å²) in [5.74, 6) is 14.5. The Morgan fingerprint density at radius 3 is 1.21 bits per heavy atom. The molecule has 78 heavy (non-hydrogen) atoms. The first kappa shape index (κ1) is 34.0. The fraction of sp³-hybridized carbons (Fsp3) is 0.429. The lowest BCUT2D eigenvalue weighted by Crippen LogP contribution is -2.62. The van der Waals surface area contributed by atoms with Crippen molar-refractivity contribution in [2.75, 3.05) is 0 Å². The van der Waals surface area contributed by atoms with Crippen molar-refractivity contribution in [2.24, 2.45) is 17.8 Å². The topological polar surface area (TPSA) is 0 Å². The summed E-state index contributed by atoms with van der Waals surface area (Å²) in [5.41, 5.74) is 50.3. The van der Waals surface area contributed by atoms with Crippen LogP contribution in [0.2, 0.25) is 0 Å². The fourth-order valence-electron chi connectivity index (χ4n) is 33.8. The SMILES string of the molecule is CCCCC(CC)Cc1cc(C(C)C)c2c(c1)C13c4c5c6c7c8c9c%10c%11c%12c%13c%14c%15c(c%16c%13c%10c7c4-%16)C1(S2)C1C%15C2c4c7c%10c%13c%15c%16c%17c%18c%19c%20c%21c%22c%23c(c4c4c%22c%19c%16c%104)C2C%14C%12C%23C%21C%11C9C%20C%18C8C6C%17C%15C5C3C%13C71. The zero-order valence-electron chi connectivity index (χ0n) is 43.8. The molecule has 22 aliphatic carbocycles. The van der Waals surface area contributed by atoms with Crippen molar-refractivity contribution in [1.82, 2.24) is 0 Å². The Morgan fingerprint density at radius 2 is 0.756 bits per heavy atom. The van der Waals surface area contributed by atoms with E-state index in [9.17, 15) is 0 Å². The van der Waals surface area contributed by atoms with Gasteiger partial charge in [0.15, 0.2) is 0 Å². The second-order valence-electron chi connectivity index (χ2n) is 32.9. The summed E-state index contributed by atoms with van der Waals surface area (Å²) < 4.78 is 0.0392. The average Bonchev–Trinajstić information content (AvgIpc) is 1.73. The quantitative estimate of drug-likeness (QED) is 0.143. The van der Waals surface area contributed by atoms with E-state index in [4.69, 9.17) is 0 Å². The Bertz CT molecular complexity index is 5700. The van der Waals surface area contributed by atoms with Crippen molar-refractivity contribution in [2.45, 2.75) is 187 Å². The van der Waals surface area contributed by atoms with E-state index in [2.05, 4.69) is 96.1 Å². The van der Waals surface area contributed by atoms with Gasteiger partial charge in [0.1, 0.15) is 0 Å². The van der Waals surface area contributed by atoms with E-state index in [1.165, 1.54) is 32.1 Å². The first-order valence-electron chi connectivity index (χ1n) is 32.7. The van der Waals surface area contributed by atoms with Crippen LogP contribution in [0.1, 0.15) is 294 Å². The third-order valence-corrected chi connectivity index (χ3v) is 34.9. The minimum atomic E-state index is 0.00528. The molecule has 23 atom stereocenters. The lowest BCUT2D eigenvalue weighted by Gasteiger charge is -2.65. The summed E-state index contributed by atoms with van der Waals surface area (Å²) in [4.78, 5) is 1.83. The number of hydrogen-bond acceptors (Lipinski definition) is 1. The van der Waals surface area contributed by atoms with Gasteiger partial charge in [-0.05, 0) is 362 Å². The van der Waals surface area contributed by atoms with Gasteiger partial charge in [-0.3, -0.25) is 0 Å². The zero-order valence-corrected chi connectivity index (χ0v) is 44.6. The third kappa shape index (κ3) is 2.05. The molecule has 1 fully saturated rings. The largest absolute Gasteiger partial charge is 0.112 e. The van der Waals surface area contributed by atoms with E-state index in [0.717, 1.165) is 5.92 Å². The van der Waals surface area contributed by atoms with Crippen LogP contribution in [0.4, 0.5) is 0 Å². The predicted molar refractivity (Wildman–Crippen MR) is 308 cm³/mol. The molecule has 0 nitrogen and oxygen atoms in total. The van der Waals surface area contributed by atoms with E-state index < -0.39 is 0 Å². The number of benzene rings is 10. The standard InChI is InChI=1S/C77H46S/c1-5-7-8-13(6-2)9-14-10-15(12(3)4)75-16(11-14)76-71-63-55-45-35-27-19-17-18-21-25-23(19)31-39-33(25)43-37-29(21)30-22(18)26-24-20(17)28(27)36-42-32(24)40-34(26)44-38(30)48-47(37)59-53(43)61-51(39)57(49(55)41(31)35)65(71)67(61)73-69(59)70-60(48)54(44)62-52(40)58-50(42)56(46(36)45)64(63)72(76)66(58)68(62)74(70)77(73,76)78-75/h10-13,19,21,23,25,27,29,35,37,45-48,56,60,64,66,68,70,72,74H,5-9H2,1-4H3. The molecule has 1 heteroatoms. The average molecular weight is 1000 g/mol. The molecule has 2 spiro atoms. The van der Waals surface area contributed by atoms with E-state index in [1.54, 1.807) is 11.1 Å². The maximum atomic E-state index is 3.10. The van der Waals surface area contributed by atoms with Crippen LogP contribution in [0.15, 0.2) is 17.0 Å². The van der Waals surface area contributed by atoms with Gasteiger partial charge in [0.05, 0.1) is 4.75 Å². The van der Waals surface area contributed by atoms with E-state index in [1.807, 2.05) is 175 Å². The third-order valence-electron chi connectivity index (χ3n) is 33.1. The monoisotopic (exact) mass is 1000 g/mol. The molecular formula is C77H46S. The molecule has 0 aromatic heterocycles. The molecule has 1 aliphatic heterocycles. The highest BCUT2D eigenvalue weighted by Gasteiger charge is 2.90. The van der Waals surface area contributed by atoms with Crippen LogP contribution < -0.4 is 0 Å². The maximum Gasteiger partial charge on any atom is 0.0645 e. The van der Waals surface area contributed by atoms with Crippen molar-refractivity contribution >= 4 is 97.9 Å². The minimum Gasteiger partial charge on any atom is -0.112 e. The van der Waals surface area contributed by atoms with E-state index in [0.29, 0.717) is 124 Å². The van der Waals surface area contributed by atoms with Gasteiger partial charge in [0.25, 0.3) is 0 Å². The van der Waals surface area contributed by atoms with Crippen LogP contribution in [0.25, 0.3) is 97.3 Å². The van der Waals surface area contributed by atoms with Gasteiger partial charge in [-0.1, -0.05) is 65.5 Å². The van der Waals surface area contributed by atoms with Crippen LogP contribution in [-0.2, 0) is 16.6 Å². The predicted octanol–water partition coefficient (Wildman–Crippen LogP) is 18.4. The first-order chi connectivity index (χ1) is 38.6. The minimum absolute atomic E-state index is 0.00528. The Labute approximate surface area is 451 Å². The second kappa shape index (κ2) is 8.37. The normalized spacial score (nSPS) is 44.8. The molecule has 34 rings (SSSR count). The Kier molecular flexibility index (Phi) is 3.65. The van der Waals surface area contributed by atoms with Crippen LogP contribution in [0, 0.1) is 17.8 Å². The number of hydrogen-bond donors (Lipinski definition) is 0. The molecule has 0 saturated heterocycles. The van der Waals surface area contributed by atoms with Gasteiger partial charge >= 0.3 is 0 Å². The molecule has 0 radical (unpaired) electrons. The van der Waals surface area contributed by atoms with Crippen LogP contribution in [0.5, 0.6) is 0 Å². The highest BCUT2D eigenvalue weighted by molar-refractivity contribution is 8.00. The Morgan fingerprint density at radius 1 is 0.397 bits per heavy atom. The molecule has 0 N–H and O–H groups in total. The summed E-state index contributed by atoms with van der Waals surface area (Å²) in [6.07, 6.45) is 6.66.